The molecule has 114 valence electrons. The lowest BCUT2D eigenvalue weighted by molar-refractivity contribution is -0.158. The molecular weight excluding hydrogens is 320 g/mol. The van der Waals surface area contributed by atoms with Crippen LogP contribution in [0, 0.1) is 0 Å². The van der Waals surface area contributed by atoms with E-state index in [1.807, 2.05) is 0 Å². The molecule has 0 saturated heterocycles. The van der Waals surface area contributed by atoms with E-state index in [2.05, 4.69) is 4.74 Å². The van der Waals surface area contributed by atoms with Gasteiger partial charge in [0.25, 0.3) is 0 Å². The molecule has 1 rings (SSSR count). The van der Waals surface area contributed by atoms with Crippen molar-refractivity contribution >= 4 is 38.2 Å². The van der Waals surface area contributed by atoms with Gasteiger partial charge in [-0.15, -0.1) is 0 Å². The van der Waals surface area contributed by atoms with Crippen molar-refractivity contribution in [1.29, 1.82) is 0 Å². The Bertz CT molecular complexity index is 640. The van der Waals surface area contributed by atoms with Crippen LogP contribution < -0.4 is 0 Å². The van der Waals surface area contributed by atoms with E-state index >= 15 is 0 Å². The Kier molecular flexibility index (Phi) is 6.90. The van der Waals surface area contributed by atoms with Crippen molar-refractivity contribution in [3.05, 3.63) is 35.4 Å². The second kappa shape index (κ2) is 8.43. The molecule has 0 radical (unpaired) electrons. The monoisotopic (exact) mass is 332 g/mol. The van der Waals surface area contributed by atoms with Crippen LogP contribution in [0.25, 0.3) is 0 Å². The average molecular weight is 333 g/mol. The van der Waals surface area contributed by atoms with E-state index in [0.29, 0.717) is 11.1 Å². The van der Waals surface area contributed by atoms with Crippen LogP contribution in [0.1, 0.15) is 18.1 Å². The molecule has 6 nitrogen and oxygen atoms in total. The molecule has 0 aliphatic heterocycles. The van der Waals surface area contributed by atoms with E-state index in [9.17, 15) is 18.0 Å². The molecule has 0 N–H and O–H groups in total. The van der Waals surface area contributed by atoms with Gasteiger partial charge in [0, 0.05) is 5.56 Å². The lowest BCUT2D eigenvalue weighted by atomic mass is 10.1. The van der Waals surface area contributed by atoms with Crippen LogP contribution >= 0.6 is 11.6 Å². The highest BCUT2D eigenvalue weighted by Gasteiger charge is 2.09. The zero-order valence-corrected chi connectivity index (χ0v) is 12.7. The predicted molar refractivity (Wildman–Crippen MR) is 76.6 cm³/mol. The Hall–Kier alpha value is -1.86. The maximum absolute atomic E-state index is 11.5. The number of hydrogen-bond donors (Lipinski definition) is 0. The third-order valence-electron chi connectivity index (χ3n) is 2.33. The van der Waals surface area contributed by atoms with Gasteiger partial charge in [-0.3, -0.25) is 4.79 Å². The second-order valence-corrected chi connectivity index (χ2v) is 5.33. The first-order chi connectivity index (χ1) is 9.93. The van der Waals surface area contributed by atoms with Gasteiger partial charge < -0.3 is 9.47 Å². The summed E-state index contributed by atoms with van der Waals surface area (Å²) in [5.41, 5.74) is 0.933. The van der Waals surface area contributed by atoms with Crippen LogP contribution in [0.2, 0.25) is 0 Å². The van der Waals surface area contributed by atoms with Crippen LogP contribution in [0.4, 0.5) is 0 Å². The van der Waals surface area contributed by atoms with E-state index in [1.54, 1.807) is 19.1 Å². The SMILES string of the molecule is CCOC(=O)COC(=O)Cc1ccc(C(Cl)=S(=O)=O)cc1. The minimum absolute atomic E-state index is 0.0439. The quantitative estimate of drug-likeness (QED) is 0.437. The highest BCUT2D eigenvalue weighted by molar-refractivity contribution is 7.76. The molecule has 0 saturated carbocycles. The number of halogens is 1. The summed E-state index contributed by atoms with van der Waals surface area (Å²) in [5.74, 6) is -1.20. The molecule has 0 fully saturated rings. The number of benzene rings is 1. The molecule has 0 aliphatic carbocycles. The van der Waals surface area contributed by atoms with Crippen molar-refractivity contribution < 1.29 is 27.5 Å². The van der Waals surface area contributed by atoms with Gasteiger partial charge in [-0.2, -0.15) is 8.42 Å². The zero-order chi connectivity index (χ0) is 15.8. The first-order valence-electron chi connectivity index (χ1n) is 5.96. The average Bonchev–Trinajstić information content (AvgIpc) is 2.45. The van der Waals surface area contributed by atoms with E-state index in [-0.39, 0.29) is 17.4 Å². The van der Waals surface area contributed by atoms with E-state index in [4.69, 9.17) is 16.3 Å². The summed E-state index contributed by atoms with van der Waals surface area (Å²) in [5, 5.41) is 0. The van der Waals surface area contributed by atoms with E-state index in [0.717, 1.165) is 0 Å². The molecule has 1 aromatic rings. The van der Waals surface area contributed by atoms with Crippen molar-refractivity contribution in [3.63, 3.8) is 0 Å². The molecular formula is C13H13ClO6S. The molecule has 1 aromatic carbocycles. The minimum Gasteiger partial charge on any atom is -0.463 e. The van der Waals surface area contributed by atoms with Crippen LogP contribution in [-0.4, -0.2) is 37.9 Å². The Labute approximate surface area is 128 Å². The second-order valence-electron chi connectivity index (χ2n) is 3.85. The number of carbonyl (C=O) groups is 2. The van der Waals surface area contributed by atoms with E-state index in [1.165, 1.54) is 12.1 Å². The first-order valence-corrected chi connectivity index (χ1v) is 7.41. The van der Waals surface area contributed by atoms with Crippen LogP contribution in [0.3, 0.4) is 0 Å². The number of esters is 2. The summed E-state index contributed by atoms with van der Waals surface area (Å²) < 4.78 is 30.4. The number of ether oxygens (including phenoxy) is 2. The summed E-state index contributed by atoms with van der Waals surface area (Å²) in [6.45, 7) is 1.44. The first kappa shape index (κ1) is 17.2. The summed E-state index contributed by atoms with van der Waals surface area (Å²) in [7, 11) is -2.50. The molecule has 0 amide bonds. The summed E-state index contributed by atoms with van der Waals surface area (Å²) in [6, 6.07) is 6.06. The largest absolute Gasteiger partial charge is 0.463 e. The third kappa shape index (κ3) is 5.97. The Morgan fingerprint density at radius 2 is 1.71 bits per heavy atom. The Morgan fingerprint density at radius 1 is 1.10 bits per heavy atom. The predicted octanol–water partition coefficient (Wildman–Crippen LogP) is 0.931. The molecule has 0 heterocycles. The molecule has 0 unspecified atom stereocenters. The highest BCUT2D eigenvalue weighted by atomic mass is 35.5. The summed E-state index contributed by atoms with van der Waals surface area (Å²) >= 11 is 5.57. The maximum Gasteiger partial charge on any atom is 0.344 e. The topological polar surface area (TPSA) is 86.7 Å². The molecule has 0 aromatic heterocycles. The van der Waals surface area contributed by atoms with Gasteiger partial charge >= 0.3 is 11.9 Å². The van der Waals surface area contributed by atoms with Crippen molar-refractivity contribution in [2.75, 3.05) is 13.2 Å². The van der Waals surface area contributed by atoms with Crippen molar-refractivity contribution in [1.82, 2.24) is 0 Å². The van der Waals surface area contributed by atoms with Crippen molar-refractivity contribution in [2.45, 2.75) is 13.3 Å². The molecule has 21 heavy (non-hydrogen) atoms. The fourth-order valence-electron chi connectivity index (χ4n) is 1.41. The van der Waals surface area contributed by atoms with Gasteiger partial charge in [0.15, 0.2) is 10.9 Å². The fraction of sp³-hybridized carbons (Fsp3) is 0.308. The minimum atomic E-state index is -2.50. The van der Waals surface area contributed by atoms with Gasteiger partial charge in [0.1, 0.15) is 0 Å². The van der Waals surface area contributed by atoms with Crippen molar-refractivity contribution in [3.8, 4) is 0 Å². The third-order valence-corrected chi connectivity index (χ3v) is 3.46. The molecule has 8 heteroatoms. The van der Waals surface area contributed by atoms with Gasteiger partial charge in [-0.25, -0.2) is 4.79 Å². The Morgan fingerprint density at radius 3 is 2.24 bits per heavy atom. The van der Waals surface area contributed by atoms with Gasteiger partial charge in [-0.1, -0.05) is 35.9 Å². The van der Waals surface area contributed by atoms with Crippen molar-refractivity contribution in [2.24, 2.45) is 0 Å². The van der Waals surface area contributed by atoms with Gasteiger partial charge in [-0.05, 0) is 12.5 Å². The summed E-state index contributed by atoms with van der Waals surface area (Å²) in [6.07, 6.45) is -0.0439. The lowest BCUT2D eigenvalue weighted by Crippen LogP contribution is -2.17. The fourth-order valence-corrected chi connectivity index (χ4v) is 1.86. The molecule has 0 bridgehead atoms. The lowest BCUT2D eigenvalue weighted by Gasteiger charge is -2.05. The van der Waals surface area contributed by atoms with E-state index < -0.39 is 28.8 Å². The van der Waals surface area contributed by atoms with Gasteiger partial charge in [0.2, 0.25) is 10.3 Å². The molecule has 0 aliphatic rings. The standard InChI is InChI=1S/C13H13ClO6S/c1-2-19-12(16)8-20-11(15)7-9-3-5-10(6-4-9)13(14)21(17)18/h3-6H,2,7-8H2,1H3. The smallest absolute Gasteiger partial charge is 0.344 e. The molecule has 0 spiro atoms. The Balaban J connectivity index is 2.58. The van der Waals surface area contributed by atoms with Crippen LogP contribution in [-0.2, 0) is 35.8 Å². The normalized spacial score (nSPS) is 9.81. The van der Waals surface area contributed by atoms with Gasteiger partial charge in [0.05, 0.1) is 13.0 Å². The van der Waals surface area contributed by atoms with Crippen LogP contribution in [0.15, 0.2) is 24.3 Å². The highest BCUT2D eigenvalue weighted by Crippen LogP contribution is 2.08. The van der Waals surface area contributed by atoms with Crippen LogP contribution in [0.5, 0.6) is 0 Å². The molecule has 0 atom stereocenters. The maximum atomic E-state index is 11.5. The number of hydrogen-bond acceptors (Lipinski definition) is 6. The summed E-state index contributed by atoms with van der Waals surface area (Å²) in [4.78, 5) is 22.5. The number of rotatable bonds is 6. The zero-order valence-electron chi connectivity index (χ0n) is 11.2. The number of carbonyl (C=O) groups excluding carboxylic acids is 2.